The van der Waals surface area contributed by atoms with E-state index in [9.17, 15) is 0 Å². The first-order valence-electron chi connectivity index (χ1n) is 6.03. The molecule has 0 atom stereocenters. The summed E-state index contributed by atoms with van der Waals surface area (Å²) >= 11 is 1.56. The van der Waals surface area contributed by atoms with Crippen LogP contribution in [0.2, 0.25) is 0 Å². The second kappa shape index (κ2) is 6.34. The van der Waals surface area contributed by atoms with Crippen LogP contribution in [0.1, 0.15) is 20.9 Å². The molecular formula is C15H16N2S. The molecule has 1 heterocycles. The first kappa shape index (κ1) is 12.8. The molecule has 0 amide bonds. The van der Waals surface area contributed by atoms with Crippen molar-refractivity contribution in [1.29, 1.82) is 5.26 Å². The molecule has 3 heteroatoms. The Morgan fingerprint density at radius 3 is 2.89 bits per heavy atom. The molecule has 0 aliphatic heterocycles. The minimum atomic E-state index is 0.783. The monoisotopic (exact) mass is 256 g/mol. The molecule has 0 aliphatic carbocycles. The van der Waals surface area contributed by atoms with Crippen molar-refractivity contribution < 1.29 is 0 Å². The number of nitrogens with zero attached hydrogens (tertiary/aromatic N) is 1. The first-order chi connectivity index (χ1) is 8.78. The van der Waals surface area contributed by atoms with Crippen LogP contribution in [0.4, 0.5) is 0 Å². The number of aryl methyl sites for hydroxylation is 1. The predicted molar refractivity (Wildman–Crippen MR) is 75.6 cm³/mol. The van der Waals surface area contributed by atoms with Crippen molar-refractivity contribution >= 4 is 11.3 Å². The van der Waals surface area contributed by atoms with E-state index >= 15 is 0 Å². The van der Waals surface area contributed by atoms with Crippen molar-refractivity contribution in [2.45, 2.75) is 19.9 Å². The normalized spacial score (nSPS) is 10.2. The maximum absolute atomic E-state index is 8.74. The summed E-state index contributed by atoms with van der Waals surface area (Å²) in [5.41, 5.74) is 2.68. The topological polar surface area (TPSA) is 35.8 Å². The van der Waals surface area contributed by atoms with Crippen molar-refractivity contribution in [3.63, 3.8) is 0 Å². The van der Waals surface area contributed by atoms with Gasteiger partial charge in [-0.2, -0.15) is 5.26 Å². The molecule has 92 valence electrons. The third-order valence-electron chi connectivity index (χ3n) is 2.74. The van der Waals surface area contributed by atoms with Crippen LogP contribution in [0.15, 0.2) is 36.4 Å². The van der Waals surface area contributed by atoms with Gasteiger partial charge < -0.3 is 5.32 Å². The number of benzene rings is 1. The van der Waals surface area contributed by atoms with Gasteiger partial charge in [-0.25, -0.2) is 0 Å². The molecule has 0 unspecified atom stereocenters. The van der Waals surface area contributed by atoms with Crippen molar-refractivity contribution in [2.75, 3.05) is 6.54 Å². The van der Waals surface area contributed by atoms with Gasteiger partial charge in [-0.3, -0.25) is 0 Å². The molecule has 1 N–H and O–H groups in total. The Kier molecular flexibility index (Phi) is 4.52. The lowest BCUT2D eigenvalue weighted by molar-refractivity contribution is 0.693. The molecule has 0 spiro atoms. The predicted octanol–water partition coefficient (Wildman–Crippen LogP) is 3.26. The Balaban J connectivity index is 1.75. The molecule has 0 saturated carbocycles. The molecule has 2 aromatic rings. The molecule has 0 aliphatic rings. The molecule has 1 aromatic heterocycles. The van der Waals surface area contributed by atoms with Gasteiger partial charge >= 0.3 is 0 Å². The van der Waals surface area contributed by atoms with Gasteiger partial charge in [-0.1, -0.05) is 29.8 Å². The summed E-state index contributed by atoms with van der Waals surface area (Å²) in [6.45, 7) is 3.92. The molecule has 0 saturated heterocycles. The maximum atomic E-state index is 8.74. The van der Waals surface area contributed by atoms with Crippen LogP contribution in [0.25, 0.3) is 0 Å². The third kappa shape index (κ3) is 3.69. The van der Waals surface area contributed by atoms with Gasteiger partial charge in [0.25, 0.3) is 0 Å². The van der Waals surface area contributed by atoms with E-state index in [1.807, 2.05) is 12.1 Å². The highest BCUT2D eigenvalue weighted by atomic mass is 32.1. The second-order valence-corrected chi connectivity index (χ2v) is 5.46. The second-order valence-electron chi connectivity index (χ2n) is 4.29. The number of hydrogen-bond acceptors (Lipinski definition) is 3. The van der Waals surface area contributed by atoms with E-state index in [1.54, 1.807) is 11.3 Å². The fourth-order valence-corrected chi connectivity index (χ4v) is 2.62. The Hall–Kier alpha value is -1.63. The fraction of sp³-hybridized carbons (Fsp3) is 0.267. The highest BCUT2D eigenvalue weighted by Crippen LogP contribution is 2.14. The quantitative estimate of drug-likeness (QED) is 0.833. The van der Waals surface area contributed by atoms with E-state index in [1.165, 1.54) is 16.0 Å². The molecule has 2 rings (SSSR count). The zero-order valence-corrected chi connectivity index (χ0v) is 11.3. The number of hydrogen-bond donors (Lipinski definition) is 1. The summed E-state index contributed by atoms with van der Waals surface area (Å²) in [4.78, 5) is 2.00. The standard InChI is InChI=1S/C15H16N2S/c1-12-3-2-4-13(9-12)7-8-17-11-15-6-5-14(10-16)18-15/h2-6,9,17H,7-8,11H2,1H3. The van der Waals surface area contributed by atoms with Gasteiger partial charge in [0.05, 0.1) is 0 Å². The average Bonchev–Trinajstić information content (AvgIpc) is 2.83. The molecule has 0 bridgehead atoms. The van der Waals surface area contributed by atoms with Crippen LogP contribution >= 0.6 is 11.3 Å². The first-order valence-corrected chi connectivity index (χ1v) is 6.84. The van der Waals surface area contributed by atoms with E-state index in [0.717, 1.165) is 24.4 Å². The summed E-state index contributed by atoms with van der Waals surface area (Å²) < 4.78 is 0. The van der Waals surface area contributed by atoms with Crippen LogP contribution in [0.5, 0.6) is 0 Å². The Labute approximate surface area is 112 Å². The van der Waals surface area contributed by atoms with Crippen LogP contribution in [0.3, 0.4) is 0 Å². The lowest BCUT2D eigenvalue weighted by atomic mass is 10.1. The summed E-state index contributed by atoms with van der Waals surface area (Å²) in [6, 6.07) is 14.7. The smallest absolute Gasteiger partial charge is 0.110 e. The van der Waals surface area contributed by atoms with Gasteiger partial charge in [0, 0.05) is 11.4 Å². The van der Waals surface area contributed by atoms with Crippen molar-refractivity contribution in [1.82, 2.24) is 5.32 Å². The Morgan fingerprint density at radius 2 is 2.17 bits per heavy atom. The van der Waals surface area contributed by atoms with Gasteiger partial charge in [0.2, 0.25) is 0 Å². The Morgan fingerprint density at radius 1 is 1.28 bits per heavy atom. The van der Waals surface area contributed by atoms with E-state index in [4.69, 9.17) is 5.26 Å². The summed E-state index contributed by atoms with van der Waals surface area (Å²) in [5.74, 6) is 0. The number of thiophene rings is 1. The molecular weight excluding hydrogens is 240 g/mol. The highest BCUT2D eigenvalue weighted by molar-refractivity contribution is 7.12. The van der Waals surface area contributed by atoms with Crippen LogP contribution < -0.4 is 5.32 Å². The molecule has 2 nitrogen and oxygen atoms in total. The Bertz CT molecular complexity index is 552. The lowest BCUT2D eigenvalue weighted by Gasteiger charge is -2.04. The van der Waals surface area contributed by atoms with Crippen molar-refractivity contribution in [3.05, 3.63) is 57.3 Å². The molecule has 0 fully saturated rings. The highest BCUT2D eigenvalue weighted by Gasteiger charge is 1.99. The van der Waals surface area contributed by atoms with Crippen LogP contribution in [-0.2, 0) is 13.0 Å². The maximum Gasteiger partial charge on any atom is 0.110 e. The molecule has 1 aromatic carbocycles. The van der Waals surface area contributed by atoms with E-state index in [0.29, 0.717) is 0 Å². The van der Waals surface area contributed by atoms with Gasteiger partial charge in [0.15, 0.2) is 0 Å². The van der Waals surface area contributed by atoms with Crippen LogP contribution in [-0.4, -0.2) is 6.54 Å². The molecule has 18 heavy (non-hydrogen) atoms. The fourth-order valence-electron chi connectivity index (χ4n) is 1.84. The van der Waals surface area contributed by atoms with Gasteiger partial charge in [-0.15, -0.1) is 11.3 Å². The largest absolute Gasteiger partial charge is 0.312 e. The average molecular weight is 256 g/mol. The number of nitrogens with one attached hydrogen (secondary N) is 1. The lowest BCUT2D eigenvalue weighted by Crippen LogP contribution is -2.15. The van der Waals surface area contributed by atoms with E-state index in [-0.39, 0.29) is 0 Å². The number of rotatable bonds is 5. The minimum Gasteiger partial charge on any atom is -0.312 e. The number of nitriles is 1. The third-order valence-corrected chi connectivity index (χ3v) is 3.73. The summed E-state index contributed by atoms with van der Waals surface area (Å²) in [7, 11) is 0. The van der Waals surface area contributed by atoms with Crippen molar-refractivity contribution in [3.8, 4) is 6.07 Å². The summed E-state index contributed by atoms with van der Waals surface area (Å²) in [5, 5.41) is 12.1. The van der Waals surface area contributed by atoms with E-state index < -0.39 is 0 Å². The zero-order chi connectivity index (χ0) is 12.8. The summed E-state index contributed by atoms with van der Waals surface area (Å²) in [6.07, 6.45) is 1.04. The minimum absolute atomic E-state index is 0.783. The van der Waals surface area contributed by atoms with E-state index in [2.05, 4.69) is 42.6 Å². The zero-order valence-electron chi connectivity index (χ0n) is 10.4. The van der Waals surface area contributed by atoms with Gasteiger partial charge in [-0.05, 0) is 37.6 Å². The van der Waals surface area contributed by atoms with Crippen molar-refractivity contribution in [2.24, 2.45) is 0 Å². The van der Waals surface area contributed by atoms with Crippen LogP contribution in [0, 0.1) is 18.3 Å². The SMILES string of the molecule is Cc1cccc(CCNCc2ccc(C#N)s2)c1. The van der Waals surface area contributed by atoms with Gasteiger partial charge in [0.1, 0.15) is 10.9 Å². The molecule has 0 radical (unpaired) electrons.